The second kappa shape index (κ2) is 7.77. The molecular formula is C18H17N3O3S2. The van der Waals surface area contributed by atoms with Crippen LogP contribution in [0.3, 0.4) is 0 Å². The van der Waals surface area contributed by atoms with Gasteiger partial charge in [0.2, 0.25) is 10.0 Å². The number of thiazole rings is 1. The summed E-state index contributed by atoms with van der Waals surface area (Å²) in [7, 11) is -3.77. The van der Waals surface area contributed by atoms with Gasteiger partial charge in [0.25, 0.3) is 5.91 Å². The van der Waals surface area contributed by atoms with E-state index in [9.17, 15) is 13.2 Å². The predicted octanol–water partition coefficient (Wildman–Crippen LogP) is 3.43. The van der Waals surface area contributed by atoms with E-state index in [0.29, 0.717) is 5.13 Å². The fraction of sp³-hybridized carbons (Fsp3) is 0.111. The first-order valence-electron chi connectivity index (χ1n) is 7.84. The fourth-order valence-electron chi connectivity index (χ4n) is 2.37. The summed E-state index contributed by atoms with van der Waals surface area (Å²) in [6, 6.07) is 14.8. The number of hydrogen-bond donors (Lipinski definition) is 2. The SMILES string of the molecule is CC(NS(=O)(=O)c1cccc(C(=O)Nc2nccs2)c1)c1ccccc1. The maximum atomic E-state index is 12.7. The summed E-state index contributed by atoms with van der Waals surface area (Å²) in [6.45, 7) is 1.77. The van der Waals surface area contributed by atoms with Crippen LogP contribution >= 0.6 is 11.3 Å². The van der Waals surface area contributed by atoms with Crippen LogP contribution in [-0.2, 0) is 10.0 Å². The van der Waals surface area contributed by atoms with Crippen molar-refractivity contribution in [2.24, 2.45) is 0 Å². The molecule has 0 aliphatic carbocycles. The molecule has 26 heavy (non-hydrogen) atoms. The van der Waals surface area contributed by atoms with Crippen LogP contribution in [0.1, 0.15) is 28.9 Å². The number of rotatable bonds is 6. The van der Waals surface area contributed by atoms with E-state index in [-0.39, 0.29) is 10.5 Å². The van der Waals surface area contributed by atoms with E-state index in [4.69, 9.17) is 0 Å². The molecule has 1 aromatic heterocycles. The minimum absolute atomic E-state index is 0.0343. The Morgan fingerprint density at radius 1 is 1.12 bits per heavy atom. The minimum Gasteiger partial charge on any atom is -0.298 e. The van der Waals surface area contributed by atoms with Gasteiger partial charge in [0.15, 0.2) is 5.13 Å². The number of nitrogens with zero attached hydrogens (tertiary/aromatic N) is 1. The quantitative estimate of drug-likeness (QED) is 0.678. The van der Waals surface area contributed by atoms with E-state index in [2.05, 4.69) is 15.0 Å². The molecule has 0 aliphatic rings. The summed E-state index contributed by atoms with van der Waals surface area (Å²) in [5.41, 5.74) is 1.10. The largest absolute Gasteiger partial charge is 0.298 e. The number of aromatic nitrogens is 1. The second-order valence-corrected chi connectivity index (χ2v) is 8.18. The van der Waals surface area contributed by atoms with Crippen molar-refractivity contribution in [1.29, 1.82) is 0 Å². The van der Waals surface area contributed by atoms with Crippen LogP contribution in [0.5, 0.6) is 0 Å². The standard InChI is InChI=1S/C18H17N3O3S2/c1-13(14-6-3-2-4-7-14)21-26(23,24)16-9-5-8-15(12-16)17(22)20-18-19-10-11-25-18/h2-13,21H,1H3,(H,19,20,22). The molecule has 0 aliphatic heterocycles. The lowest BCUT2D eigenvalue weighted by atomic mass is 10.1. The summed E-state index contributed by atoms with van der Waals surface area (Å²) in [5, 5.41) is 4.84. The Morgan fingerprint density at radius 2 is 1.88 bits per heavy atom. The van der Waals surface area contributed by atoms with Gasteiger partial charge in [0, 0.05) is 23.2 Å². The van der Waals surface area contributed by atoms with Gasteiger partial charge in [-0.15, -0.1) is 11.3 Å². The maximum Gasteiger partial charge on any atom is 0.257 e. The molecule has 1 unspecified atom stereocenters. The number of anilines is 1. The van der Waals surface area contributed by atoms with Crippen molar-refractivity contribution >= 4 is 32.4 Å². The topological polar surface area (TPSA) is 88.2 Å². The van der Waals surface area contributed by atoms with Crippen molar-refractivity contribution in [1.82, 2.24) is 9.71 Å². The molecule has 1 atom stereocenters. The third-order valence-corrected chi connectivity index (χ3v) is 5.92. The molecule has 6 nitrogen and oxygen atoms in total. The Balaban J connectivity index is 1.79. The van der Waals surface area contributed by atoms with Crippen molar-refractivity contribution in [2.75, 3.05) is 5.32 Å². The number of amides is 1. The van der Waals surface area contributed by atoms with Gasteiger partial charge in [-0.2, -0.15) is 0 Å². The third kappa shape index (κ3) is 4.34. The highest BCUT2D eigenvalue weighted by atomic mass is 32.2. The van der Waals surface area contributed by atoms with Gasteiger partial charge in [-0.05, 0) is 30.7 Å². The number of carbonyl (C=O) groups excluding carboxylic acids is 1. The van der Waals surface area contributed by atoms with Crippen LogP contribution in [0.2, 0.25) is 0 Å². The summed E-state index contributed by atoms with van der Waals surface area (Å²) >= 11 is 1.29. The molecule has 0 bridgehead atoms. The normalized spacial score (nSPS) is 12.5. The summed E-state index contributed by atoms with van der Waals surface area (Å²) in [5.74, 6) is -0.409. The van der Waals surface area contributed by atoms with Crippen LogP contribution in [0.25, 0.3) is 0 Å². The number of carbonyl (C=O) groups is 1. The van der Waals surface area contributed by atoms with Gasteiger partial charge in [-0.1, -0.05) is 36.4 Å². The zero-order chi connectivity index (χ0) is 18.6. The highest BCUT2D eigenvalue weighted by Gasteiger charge is 2.20. The molecule has 1 amide bonds. The van der Waals surface area contributed by atoms with E-state index >= 15 is 0 Å². The summed E-state index contributed by atoms with van der Waals surface area (Å²) in [4.78, 5) is 16.3. The Labute approximate surface area is 156 Å². The van der Waals surface area contributed by atoms with Crippen LogP contribution in [0.4, 0.5) is 5.13 Å². The Morgan fingerprint density at radius 3 is 2.58 bits per heavy atom. The fourth-order valence-corrected chi connectivity index (χ4v) is 4.17. The average Bonchev–Trinajstić information content (AvgIpc) is 3.15. The van der Waals surface area contributed by atoms with Crippen LogP contribution in [0, 0.1) is 0 Å². The Kier molecular flexibility index (Phi) is 5.46. The van der Waals surface area contributed by atoms with Gasteiger partial charge >= 0.3 is 0 Å². The van der Waals surface area contributed by atoms with E-state index in [1.807, 2.05) is 30.3 Å². The van der Waals surface area contributed by atoms with Crippen molar-refractivity contribution in [3.63, 3.8) is 0 Å². The highest BCUT2D eigenvalue weighted by molar-refractivity contribution is 7.89. The first-order chi connectivity index (χ1) is 12.5. The number of hydrogen-bond acceptors (Lipinski definition) is 5. The van der Waals surface area contributed by atoms with E-state index < -0.39 is 22.0 Å². The van der Waals surface area contributed by atoms with Gasteiger partial charge in [0.05, 0.1) is 4.90 Å². The van der Waals surface area contributed by atoms with E-state index in [0.717, 1.165) is 5.56 Å². The zero-order valence-corrected chi connectivity index (χ0v) is 15.5. The monoisotopic (exact) mass is 387 g/mol. The van der Waals surface area contributed by atoms with Crippen molar-refractivity contribution in [3.05, 3.63) is 77.3 Å². The molecule has 3 rings (SSSR count). The zero-order valence-electron chi connectivity index (χ0n) is 13.9. The molecule has 134 valence electrons. The molecule has 8 heteroatoms. The molecule has 3 aromatic rings. The molecule has 0 spiro atoms. The number of nitrogens with one attached hydrogen (secondary N) is 2. The molecule has 0 saturated heterocycles. The van der Waals surface area contributed by atoms with Crippen LogP contribution < -0.4 is 10.0 Å². The van der Waals surface area contributed by atoms with E-state index in [1.54, 1.807) is 30.6 Å². The van der Waals surface area contributed by atoms with Crippen molar-refractivity contribution in [2.45, 2.75) is 17.9 Å². The third-order valence-electron chi connectivity index (χ3n) is 3.69. The first kappa shape index (κ1) is 18.2. The minimum atomic E-state index is -3.77. The van der Waals surface area contributed by atoms with Gasteiger partial charge in [0.1, 0.15) is 0 Å². The van der Waals surface area contributed by atoms with Crippen LogP contribution in [0.15, 0.2) is 71.1 Å². The van der Waals surface area contributed by atoms with Crippen molar-refractivity contribution in [3.8, 4) is 0 Å². The Bertz CT molecular complexity index is 988. The van der Waals surface area contributed by atoms with Gasteiger partial charge < -0.3 is 0 Å². The molecule has 0 saturated carbocycles. The Hall–Kier alpha value is -2.55. The summed E-state index contributed by atoms with van der Waals surface area (Å²) in [6.07, 6.45) is 1.58. The average molecular weight is 387 g/mol. The summed E-state index contributed by atoms with van der Waals surface area (Å²) < 4.78 is 27.9. The lowest BCUT2D eigenvalue weighted by Crippen LogP contribution is -2.27. The number of benzene rings is 2. The second-order valence-electron chi connectivity index (χ2n) is 5.57. The highest BCUT2D eigenvalue weighted by Crippen LogP contribution is 2.19. The first-order valence-corrected chi connectivity index (χ1v) is 10.2. The maximum absolute atomic E-state index is 12.7. The molecule has 1 heterocycles. The lowest BCUT2D eigenvalue weighted by Gasteiger charge is -2.15. The van der Waals surface area contributed by atoms with Gasteiger partial charge in [-0.25, -0.2) is 18.1 Å². The van der Waals surface area contributed by atoms with Crippen LogP contribution in [-0.4, -0.2) is 19.3 Å². The molecule has 2 N–H and O–H groups in total. The molecular weight excluding hydrogens is 370 g/mol. The van der Waals surface area contributed by atoms with E-state index in [1.165, 1.54) is 23.5 Å². The smallest absolute Gasteiger partial charge is 0.257 e. The molecule has 2 aromatic carbocycles. The molecule has 0 radical (unpaired) electrons. The predicted molar refractivity (Wildman–Crippen MR) is 102 cm³/mol. The van der Waals surface area contributed by atoms with Gasteiger partial charge in [-0.3, -0.25) is 10.1 Å². The van der Waals surface area contributed by atoms with Crippen molar-refractivity contribution < 1.29 is 13.2 Å². The number of sulfonamides is 1. The lowest BCUT2D eigenvalue weighted by molar-refractivity contribution is 0.102. The molecule has 0 fully saturated rings.